The van der Waals surface area contributed by atoms with E-state index in [-0.39, 0.29) is 11.4 Å². The normalized spacial score (nSPS) is 16.0. The Morgan fingerprint density at radius 3 is 1.24 bits per heavy atom. The molecule has 0 saturated carbocycles. The molecule has 0 unspecified atom stereocenters. The molecule has 6 heteroatoms. The monoisotopic (exact) mass is 814 g/mol. The van der Waals surface area contributed by atoms with Crippen LogP contribution in [0, 0.1) is 11.6 Å². The van der Waals surface area contributed by atoms with Gasteiger partial charge in [-0.3, -0.25) is 9.97 Å². The van der Waals surface area contributed by atoms with E-state index in [0.29, 0.717) is 33.5 Å². The number of fused-ring (bicyclic) bond motifs is 6. The number of pyridine rings is 2. The molecule has 0 aliphatic heterocycles. The van der Waals surface area contributed by atoms with E-state index in [0.717, 1.165) is 66.1 Å². The molecule has 10 aromatic rings. The molecule has 2 heterocycles. The van der Waals surface area contributed by atoms with Crippen molar-refractivity contribution in [1.82, 2.24) is 9.97 Å². The molecule has 0 spiro atoms. The summed E-state index contributed by atoms with van der Waals surface area (Å²) >= 11 is 0. The van der Waals surface area contributed by atoms with Gasteiger partial charge in [-0.2, -0.15) is 0 Å². The molecule has 0 N–H and O–H groups in total. The van der Waals surface area contributed by atoms with E-state index in [2.05, 4.69) is 37.7 Å². The summed E-state index contributed by atoms with van der Waals surface area (Å²) in [6.45, 7) is 8.42. The molecule has 0 radical (unpaired) electrons. The highest BCUT2D eigenvalue weighted by molar-refractivity contribution is 6.28. The van der Waals surface area contributed by atoms with Crippen LogP contribution in [0.25, 0.3) is 54.6 Å². The zero-order valence-electron chi connectivity index (χ0n) is 42.1. The van der Waals surface area contributed by atoms with Crippen LogP contribution >= 0.6 is 0 Å². The van der Waals surface area contributed by atoms with Gasteiger partial charge >= 0.3 is 0 Å². The Morgan fingerprint density at radius 2 is 0.823 bits per heavy atom. The lowest BCUT2D eigenvalue weighted by Gasteiger charge is -2.30. The van der Waals surface area contributed by atoms with Crippen molar-refractivity contribution < 1.29 is 19.7 Å². The fourth-order valence-corrected chi connectivity index (χ4v) is 10.1. The predicted octanol–water partition coefficient (Wildman–Crippen LogP) is 15.2. The maximum absolute atomic E-state index is 15.4. The molecule has 12 rings (SSSR count). The zero-order valence-corrected chi connectivity index (χ0v) is 34.1. The fraction of sp³-hybridized carbons (Fsp3) is 0.107. The Labute approximate surface area is 370 Å². The highest BCUT2D eigenvalue weighted by Crippen LogP contribution is 2.54. The van der Waals surface area contributed by atoms with Gasteiger partial charge in [0, 0.05) is 69.1 Å². The molecular formula is C56H40F2N4. The summed E-state index contributed by atoms with van der Waals surface area (Å²) in [5.74, 6) is -2.50. The van der Waals surface area contributed by atoms with Crippen molar-refractivity contribution in [1.29, 1.82) is 0 Å². The third-order valence-electron chi connectivity index (χ3n) is 13.1. The van der Waals surface area contributed by atoms with Crippen molar-refractivity contribution in [3.63, 3.8) is 0 Å². The molecule has 0 fully saturated rings. The first-order valence-corrected chi connectivity index (χ1v) is 20.4. The zero-order chi connectivity index (χ0) is 49.0. The molecule has 0 amide bonds. The number of benzene rings is 8. The van der Waals surface area contributed by atoms with Gasteiger partial charge in [-0.25, -0.2) is 8.78 Å². The second-order valence-corrected chi connectivity index (χ2v) is 17.1. The number of hydrogen-bond donors (Lipinski definition) is 0. The van der Waals surface area contributed by atoms with Gasteiger partial charge in [0.2, 0.25) is 0 Å². The van der Waals surface area contributed by atoms with Crippen molar-refractivity contribution in [2.75, 3.05) is 9.80 Å². The number of hydrogen-bond acceptors (Lipinski definition) is 4. The lowest BCUT2D eigenvalue weighted by Crippen LogP contribution is -2.17. The minimum Gasteiger partial charge on any atom is -0.310 e. The van der Waals surface area contributed by atoms with Crippen LogP contribution in [0.5, 0.6) is 0 Å². The summed E-state index contributed by atoms with van der Waals surface area (Å²) in [4.78, 5) is 12.2. The van der Waals surface area contributed by atoms with Crippen molar-refractivity contribution >= 4 is 66.4 Å². The summed E-state index contributed by atoms with van der Waals surface area (Å²) < 4.78 is 102. The van der Waals surface area contributed by atoms with E-state index in [1.165, 1.54) is 0 Å². The smallest absolute Gasteiger partial charge is 0.123 e. The number of halogens is 2. The summed E-state index contributed by atoms with van der Waals surface area (Å²) in [6.07, 6.45) is 7.22. The molecule has 0 bridgehead atoms. The largest absolute Gasteiger partial charge is 0.310 e. The molecule has 8 aromatic carbocycles. The van der Waals surface area contributed by atoms with Crippen LogP contribution in [-0.4, -0.2) is 9.97 Å². The van der Waals surface area contributed by atoms with Gasteiger partial charge in [0.05, 0.1) is 22.3 Å². The quantitative estimate of drug-likeness (QED) is 0.157. The van der Waals surface area contributed by atoms with Crippen molar-refractivity contribution in [3.05, 3.63) is 204 Å². The first kappa shape index (κ1) is 28.9. The van der Waals surface area contributed by atoms with Gasteiger partial charge in [0.15, 0.2) is 0 Å². The van der Waals surface area contributed by atoms with E-state index in [1.54, 1.807) is 22.2 Å². The van der Waals surface area contributed by atoms with Gasteiger partial charge in [0.25, 0.3) is 0 Å². The van der Waals surface area contributed by atoms with E-state index in [9.17, 15) is 5.48 Å². The predicted molar refractivity (Wildman–Crippen MR) is 250 cm³/mol. The molecule has 2 aromatic heterocycles. The van der Waals surface area contributed by atoms with Gasteiger partial charge < -0.3 is 9.80 Å². The maximum Gasteiger partial charge on any atom is 0.123 e. The SMILES string of the molecule is [2H]c1c([2H])c(N(c2ccc3c(c2)C(C)(C)c2cnccc2-3)c2ccc3ccc4c(N(c5ccc6c(c5)C(C)(C)c5cnccc5-6)c5c([2H])c([2H])c(F)c([2H])c5[2H])ccc5ccc2c3c54)c([2H])c([2H])c1F. The average molecular weight is 815 g/mol. The van der Waals surface area contributed by atoms with E-state index < -0.39 is 70.8 Å². The molecule has 2 aliphatic carbocycles. The van der Waals surface area contributed by atoms with Gasteiger partial charge in [-0.05, 0) is 163 Å². The number of rotatable bonds is 6. The van der Waals surface area contributed by atoms with Crippen LogP contribution in [0.1, 0.15) is 60.9 Å². The van der Waals surface area contributed by atoms with Crippen LogP contribution in [0.15, 0.2) is 170 Å². The maximum atomic E-state index is 15.4. The van der Waals surface area contributed by atoms with Crippen LogP contribution in [0.3, 0.4) is 0 Å². The van der Waals surface area contributed by atoms with Gasteiger partial charge in [0.1, 0.15) is 11.6 Å². The van der Waals surface area contributed by atoms with E-state index in [1.807, 2.05) is 109 Å². The van der Waals surface area contributed by atoms with Crippen molar-refractivity contribution in [2.24, 2.45) is 0 Å². The lowest BCUT2D eigenvalue weighted by atomic mass is 9.83. The second kappa shape index (κ2) is 13.0. The number of aromatic nitrogens is 2. The topological polar surface area (TPSA) is 32.3 Å². The highest BCUT2D eigenvalue weighted by Gasteiger charge is 2.38. The Hall–Kier alpha value is -7.44. The third kappa shape index (κ3) is 5.16. The molecule has 2 aliphatic rings. The third-order valence-corrected chi connectivity index (χ3v) is 13.1. The summed E-state index contributed by atoms with van der Waals surface area (Å²) in [6, 6.07) is 25.6. The molecular weight excluding hydrogens is 767 g/mol. The Bertz CT molecular complexity index is 3640. The van der Waals surface area contributed by atoms with Crippen LogP contribution < -0.4 is 9.80 Å². The molecule has 0 atom stereocenters. The summed E-state index contributed by atoms with van der Waals surface area (Å²) in [5, 5.41) is 4.54. The highest BCUT2D eigenvalue weighted by atomic mass is 19.1. The molecule has 298 valence electrons. The first-order valence-electron chi connectivity index (χ1n) is 24.4. The fourth-order valence-electron chi connectivity index (χ4n) is 10.1. The minimum atomic E-state index is -1.25. The average Bonchev–Trinajstić information content (AvgIpc) is 3.74. The van der Waals surface area contributed by atoms with Gasteiger partial charge in [-0.1, -0.05) is 76.2 Å². The van der Waals surface area contributed by atoms with Crippen molar-refractivity contribution in [2.45, 2.75) is 38.5 Å². The Balaban J connectivity index is 1.13. The van der Waals surface area contributed by atoms with E-state index >= 15 is 8.78 Å². The van der Waals surface area contributed by atoms with Crippen LogP contribution in [0.4, 0.5) is 42.9 Å². The lowest BCUT2D eigenvalue weighted by molar-refractivity contribution is 0.627. The van der Waals surface area contributed by atoms with Crippen LogP contribution in [-0.2, 0) is 10.8 Å². The van der Waals surface area contributed by atoms with Crippen LogP contribution in [0.2, 0.25) is 0 Å². The summed E-state index contributed by atoms with van der Waals surface area (Å²) in [7, 11) is 0. The minimum absolute atomic E-state index is 0.134. The molecule has 0 saturated heterocycles. The number of nitrogens with zero attached hydrogens (tertiary/aromatic N) is 4. The van der Waals surface area contributed by atoms with E-state index in [4.69, 9.17) is 5.48 Å². The second-order valence-electron chi connectivity index (χ2n) is 17.1. The Kier molecular flexibility index (Phi) is 6.08. The van der Waals surface area contributed by atoms with Gasteiger partial charge in [-0.15, -0.1) is 0 Å². The number of anilines is 6. The Morgan fingerprint density at radius 1 is 0.435 bits per heavy atom. The molecule has 62 heavy (non-hydrogen) atoms. The summed E-state index contributed by atoms with van der Waals surface area (Å²) in [5.41, 5.74) is 8.84. The standard InChI is InChI=1S/C56H40F2N4/c1-55(2)47-29-39(17-21-41(47)43-25-27-59-31-49(43)55)61(37-13-9-35(57)10-14-37)51-23-7-33-6-20-46-52(24-8-34-5-19-45(51)53(33)54(34)46)62(38-15-11-36(58)12-16-38)40-18-22-42-44-26-28-60-32-50(44)56(3,4)48(42)30-40/h5-32H,1-4H3/i9D,10D,11D,12D,13D,14D,15D,16D. The van der Waals surface area contributed by atoms with Crippen molar-refractivity contribution in [3.8, 4) is 22.3 Å². The molecule has 4 nitrogen and oxygen atoms in total. The first-order chi connectivity index (χ1) is 33.4.